The van der Waals surface area contributed by atoms with Gasteiger partial charge >= 0.3 is 5.97 Å². The van der Waals surface area contributed by atoms with E-state index in [0.717, 1.165) is 16.7 Å². The molecule has 1 aliphatic heterocycles. The summed E-state index contributed by atoms with van der Waals surface area (Å²) in [6.07, 6.45) is 2.05. The van der Waals surface area contributed by atoms with E-state index >= 15 is 0 Å². The zero-order valence-electron chi connectivity index (χ0n) is 18.0. The van der Waals surface area contributed by atoms with Crippen molar-refractivity contribution in [3.8, 4) is 11.5 Å². The first kappa shape index (κ1) is 21.6. The summed E-state index contributed by atoms with van der Waals surface area (Å²) in [5.74, 6) is -0.803. The Hall–Kier alpha value is -3.08. The van der Waals surface area contributed by atoms with Crippen LogP contribution in [0.3, 0.4) is 0 Å². The molecule has 158 valence electrons. The lowest BCUT2D eigenvalue weighted by atomic mass is 9.88. The Morgan fingerprint density at radius 2 is 1.80 bits per heavy atom. The Labute approximate surface area is 177 Å². The average molecular weight is 410 g/mol. The van der Waals surface area contributed by atoms with Crippen molar-refractivity contribution in [1.82, 2.24) is 0 Å². The van der Waals surface area contributed by atoms with E-state index < -0.39 is 17.4 Å². The van der Waals surface area contributed by atoms with Crippen molar-refractivity contribution in [1.29, 1.82) is 0 Å². The topological polar surface area (TPSA) is 44.8 Å². The van der Waals surface area contributed by atoms with Gasteiger partial charge in [0, 0.05) is 22.8 Å². The van der Waals surface area contributed by atoms with Gasteiger partial charge in [-0.25, -0.2) is 4.79 Å². The van der Waals surface area contributed by atoms with Gasteiger partial charge in [-0.05, 0) is 57.9 Å². The molecular weight excluding hydrogens is 383 g/mol. The van der Waals surface area contributed by atoms with Gasteiger partial charge in [0.25, 0.3) is 0 Å². The first-order chi connectivity index (χ1) is 14.3. The fraction of sp³-hybridized carbons (Fsp3) is 0.320. The number of benzene rings is 2. The van der Waals surface area contributed by atoms with E-state index in [-0.39, 0.29) is 12.2 Å². The van der Waals surface area contributed by atoms with Crippen molar-refractivity contribution in [2.24, 2.45) is 0 Å². The molecule has 0 aliphatic carbocycles. The molecule has 1 aliphatic rings. The van der Waals surface area contributed by atoms with Crippen LogP contribution in [0.15, 0.2) is 54.4 Å². The van der Waals surface area contributed by atoms with Crippen LogP contribution in [-0.2, 0) is 9.53 Å². The van der Waals surface area contributed by atoms with Gasteiger partial charge in [-0.1, -0.05) is 30.3 Å². The van der Waals surface area contributed by atoms with Crippen LogP contribution >= 0.6 is 0 Å². The number of allylic oxidation sites excluding steroid dienone is 1. The third-order valence-corrected chi connectivity index (χ3v) is 4.81. The minimum Gasteiger partial charge on any atom is -0.493 e. The number of hydrogen-bond acceptors (Lipinski definition) is 4. The quantitative estimate of drug-likeness (QED) is 0.436. The standard InChI is InChI=1S/C25H27FO4/c1-6-28-21-14-22-19(13-18(21)16(3)23(26)24(27)29-7-2)20(15-25(4,5)30-22)17-11-9-8-10-12-17/h8-15H,6-7H2,1-5H3/b23-16+. The first-order valence-corrected chi connectivity index (χ1v) is 10.1. The maximum Gasteiger partial charge on any atom is 0.367 e. The third-order valence-electron chi connectivity index (χ3n) is 4.81. The highest BCUT2D eigenvalue weighted by Crippen LogP contribution is 2.44. The minimum absolute atomic E-state index is 0.103. The SMILES string of the molecule is CCOC(=O)/C(F)=C(/C)c1cc2c(cc1OCC)OC(C)(C)C=C2c1ccccc1. The number of esters is 1. The van der Waals surface area contributed by atoms with E-state index in [1.807, 2.05) is 57.2 Å². The van der Waals surface area contributed by atoms with Crippen molar-refractivity contribution in [2.45, 2.75) is 40.2 Å². The highest BCUT2D eigenvalue weighted by atomic mass is 19.1. The summed E-state index contributed by atoms with van der Waals surface area (Å²) in [5, 5.41) is 0. The molecule has 0 bridgehead atoms. The van der Waals surface area contributed by atoms with Crippen LogP contribution in [0.4, 0.5) is 4.39 Å². The normalized spacial score (nSPS) is 15.3. The van der Waals surface area contributed by atoms with Crippen LogP contribution in [0.2, 0.25) is 0 Å². The largest absolute Gasteiger partial charge is 0.493 e. The molecule has 0 unspecified atom stereocenters. The molecule has 0 spiro atoms. The van der Waals surface area contributed by atoms with Gasteiger partial charge in [-0.3, -0.25) is 0 Å². The fourth-order valence-electron chi connectivity index (χ4n) is 3.48. The van der Waals surface area contributed by atoms with E-state index in [1.165, 1.54) is 0 Å². The molecule has 0 N–H and O–H groups in total. The van der Waals surface area contributed by atoms with Crippen LogP contribution in [0.1, 0.15) is 51.3 Å². The summed E-state index contributed by atoms with van der Waals surface area (Å²) in [4.78, 5) is 12.0. The van der Waals surface area contributed by atoms with E-state index in [0.29, 0.717) is 23.7 Å². The van der Waals surface area contributed by atoms with Gasteiger partial charge < -0.3 is 14.2 Å². The number of hydrogen-bond donors (Lipinski definition) is 0. The van der Waals surface area contributed by atoms with Crippen molar-refractivity contribution in [2.75, 3.05) is 13.2 Å². The molecule has 4 nitrogen and oxygen atoms in total. The predicted octanol–water partition coefficient (Wildman–Crippen LogP) is 5.95. The van der Waals surface area contributed by atoms with E-state index in [1.54, 1.807) is 19.9 Å². The van der Waals surface area contributed by atoms with Gasteiger partial charge in [-0.15, -0.1) is 0 Å². The Morgan fingerprint density at radius 3 is 2.43 bits per heavy atom. The van der Waals surface area contributed by atoms with Crippen molar-refractivity contribution in [3.63, 3.8) is 0 Å². The van der Waals surface area contributed by atoms with Crippen LogP contribution in [0, 0.1) is 0 Å². The number of rotatable bonds is 6. The lowest BCUT2D eigenvalue weighted by molar-refractivity contribution is -0.140. The number of carbonyl (C=O) groups is 1. The molecule has 30 heavy (non-hydrogen) atoms. The molecule has 3 rings (SSSR count). The molecule has 2 aromatic carbocycles. The molecule has 0 fully saturated rings. The van der Waals surface area contributed by atoms with Crippen LogP contribution in [-0.4, -0.2) is 24.8 Å². The minimum atomic E-state index is -0.980. The molecule has 5 heteroatoms. The maximum atomic E-state index is 14.8. The second-order valence-electron chi connectivity index (χ2n) is 7.57. The second-order valence-corrected chi connectivity index (χ2v) is 7.57. The summed E-state index contributed by atoms with van der Waals surface area (Å²) in [6.45, 7) is 9.51. The monoisotopic (exact) mass is 410 g/mol. The summed E-state index contributed by atoms with van der Waals surface area (Å²) in [5.41, 5.74) is 2.95. The molecule has 0 saturated heterocycles. The summed E-state index contributed by atoms with van der Waals surface area (Å²) < 4.78 is 31.5. The second kappa shape index (κ2) is 8.74. The zero-order chi connectivity index (χ0) is 21.9. The van der Waals surface area contributed by atoms with Gasteiger partial charge in [0.2, 0.25) is 5.83 Å². The summed E-state index contributed by atoms with van der Waals surface area (Å²) >= 11 is 0. The van der Waals surface area contributed by atoms with Gasteiger partial charge in [0.05, 0.1) is 13.2 Å². The van der Waals surface area contributed by atoms with Gasteiger partial charge in [0.1, 0.15) is 17.1 Å². The molecule has 0 amide bonds. The lowest BCUT2D eigenvalue weighted by Crippen LogP contribution is -2.29. The smallest absolute Gasteiger partial charge is 0.367 e. The molecule has 1 heterocycles. The maximum absolute atomic E-state index is 14.8. The molecule has 2 aromatic rings. The number of ether oxygens (including phenoxy) is 3. The Morgan fingerprint density at radius 1 is 1.10 bits per heavy atom. The molecule has 0 radical (unpaired) electrons. The summed E-state index contributed by atoms with van der Waals surface area (Å²) in [7, 11) is 0. The molecule has 0 aromatic heterocycles. The Bertz CT molecular complexity index is 1000. The van der Waals surface area contributed by atoms with Gasteiger partial charge in [-0.2, -0.15) is 4.39 Å². The van der Waals surface area contributed by atoms with E-state index in [9.17, 15) is 9.18 Å². The third kappa shape index (κ3) is 4.40. The van der Waals surface area contributed by atoms with Crippen molar-refractivity contribution >= 4 is 17.1 Å². The van der Waals surface area contributed by atoms with Crippen LogP contribution in [0.25, 0.3) is 11.1 Å². The number of fused-ring (bicyclic) bond motifs is 1. The van der Waals surface area contributed by atoms with Crippen molar-refractivity contribution in [3.05, 3.63) is 71.1 Å². The van der Waals surface area contributed by atoms with Crippen LogP contribution in [0.5, 0.6) is 11.5 Å². The molecular formula is C25H27FO4. The number of halogens is 1. The predicted molar refractivity (Wildman–Crippen MR) is 116 cm³/mol. The molecule has 0 atom stereocenters. The Kier molecular flexibility index (Phi) is 6.30. The average Bonchev–Trinajstić information content (AvgIpc) is 2.72. The first-order valence-electron chi connectivity index (χ1n) is 10.1. The van der Waals surface area contributed by atoms with E-state index in [4.69, 9.17) is 14.2 Å². The number of carbonyl (C=O) groups excluding carboxylic acids is 1. The van der Waals surface area contributed by atoms with Crippen LogP contribution < -0.4 is 9.47 Å². The lowest BCUT2D eigenvalue weighted by Gasteiger charge is -2.32. The fourth-order valence-corrected chi connectivity index (χ4v) is 3.48. The highest BCUT2D eigenvalue weighted by Gasteiger charge is 2.29. The van der Waals surface area contributed by atoms with E-state index in [2.05, 4.69) is 6.08 Å². The van der Waals surface area contributed by atoms with Gasteiger partial charge in [0.15, 0.2) is 0 Å². The zero-order valence-corrected chi connectivity index (χ0v) is 18.0. The molecule has 0 saturated carbocycles. The summed E-state index contributed by atoms with van der Waals surface area (Å²) in [6, 6.07) is 13.5. The highest BCUT2D eigenvalue weighted by molar-refractivity contribution is 5.96. The van der Waals surface area contributed by atoms with Crippen molar-refractivity contribution < 1.29 is 23.4 Å². The Balaban J connectivity index is 2.22.